The van der Waals surface area contributed by atoms with Crippen molar-refractivity contribution < 1.29 is 4.92 Å². The molecule has 1 aromatic carbocycles. The van der Waals surface area contributed by atoms with Gasteiger partial charge in [-0.25, -0.2) is 4.98 Å². The Morgan fingerprint density at radius 2 is 2.13 bits per heavy atom. The van der Waals surface area contributed by atoms with Crippen LogP contribution in [0, 0.1) is 21.4 Å². The minimum Gasteiger partial charge on any atom is -0.348 e. The molecule has 0 saturated carbocycles. The van der Waals surface area contributed by atoms with E-state index in [4.69, 9.17) is 11.6 Å². The second-order valence-corrected chi connectivity index (χ2v) is 5.77. The summed E-state index contributed by atoms with van der Waals surface area (Å²) in [6.45, 7) is 0.757. The smallest absolute Gasteiger partial charge is 0.289 e. The van der Waals surface area contributed by atoms with Gasteiger partial charge in [0.05, 0.1) is 11.0 Å². The molecule has 1 atom stereocenters. The predicted octanol–water partition coefficient (Wildman–Crippen LogP) is 3.86. The fourth-order valence-corrected chi connectivity index (χ4v) is 3.04. The third-order valence-corrected chi connectivity index (χ3v) is 4.22. The third-order valence-electron chi connectivity index (χ3n) is 3.96. The van der Waals surface area contributed by atoms with E-state index in [0.717, 1.165) is 24.9 Å². The van der Waals surface area contributed by atoms with Crippen LogP contribution in [0.3, 0.4) is 0 Å². The molecule has 1 aliphatic heterocycles. The Balaban J connectivity index is 1.98. The van der Waals surface area contributed by atoms with Crippen molar-refractivity contribution in [3.8, 4) is 6.07 Å². The molecule has 2 aromatic rings. The SMILES string of the molecule is N#Cc1cc([N+](=O)[O-])cnc1N1CCC[C@@H]1c1ccc(Cl)cc1. The van der Waals surface area contributed by atoms with Gasteiger partial charge in [0.2, 0.25) is 0 Å². The molecule has 23 heavy (non-hydrogen) atoms. The van der Waals surface area contributed by atoms with Gasteiger partial charge in [-0.2, -0.15) is 5.26 Å². The Kier molecular flexibility index (Phi) is 4.13. The molecule has 2 heterocycles. The molecule has 1 aromatic heterocycles. The van der Waals surface area contributed by atoms with Crippen LogP contribution in [0.25, 0.3) is 0 Å². The number of anilines is 1. The number of halogens is 1. The summed E-state index contributed by atoms with van der Waals surface area (Å²) in [5.74, 6) is 0.496. The van der Waals surface area contributed by atoms with E-state index in [-0.39, 0.29) is 17.3 Å². The summed E-state index contributed by atoms with van der Waals surface area (Å²) < 4.78 is 0. The molecule has 1 fully saturated rings. The normalized spacial score (nSPS) is 17.0. The molecule has 1 saturated heterocycles. The predicted molar refractivity (Wildman–Crippen MR) is 86.4 cm³/mol. The van der Waals surface area contributed by atoms with Gasteiger partial charge >= 0.3 is 0 Å². The van der Waals surface area contributed by atoms with Crippen LogP contribution in [-0.2, 0) is 0 Å². The molecule has 1 aliphatic rings. The van der Waals surface area contributed by atoms with Crippen LogP contribution in [-0.4, -0.2) is 16.5 Å². The molecule has 116 valence electrons. The molecule has 0 unspecified atom stereocenters. The highest BCUT2D eigenvalue weighted by atomic mass is 35.5. The van der Waals surface area contributed by atoms with Crippen molar-refractivity contribution in [2.75, 3.05) is 11.4 Å². The lowest BCUT2D eigenvalue weighted by atomic mass is 10.0. The highest BCUT2D eigenvalue weighted by Crippen LogP contribution is 2.37. The van der Waals surface area contributed by atoms with Crippen molar-refractivity contribution in [1.82, 2.24) is 4.98 Å². The maximum absolute atomic E-state index is 10.8. The number of pyridine rings is 1. The Morgan fingerprint density at radius 3 is 2.78 bits per heavy atom. The molecule has 0 amide bonds. The summed E-state index contributed by atoms with van der Waals surface area (Å²) in [5, 5.41) is 20.8. The molecule has 0 bridgehead atoms. The lowest BCUT2D eigenvalue weighted by Crippen LogP contribution is -2.24. The van der Waals surface area contributed by atoms with Gasteiger partial charge in [0.15, 0.2) is 0 Å². The number of hydrogen-bond acceptors (Lipinski definition) is 5. The van der Waals surface area contributed by atoms with Crippen molar-refractivity contribution in [1.29, 1.82) is 5.26 Å². The lowest BCUT2D eigenvalue weighted by molar-refractivity contribution is -0.385. The van der Waals surface area contributed by atoms with Crippen LogP contribution in [0.2, 0.25) is 5.02 Å². The van der Waals surface area contributed by atoms with Crippen LogP contribution in [0.5, 0.6) is 0 Å². The number of nitrogens with zero attached hydrogens (tertiary/aromatic N) is 4. The Labute approximate surface area is 138 Å². The van der Waals surface area contributed by atoms with Gasteiger partial charge in [-0.15, -0.1) is 0 Å². The Hall–Kier alpha value is -2.65. The average molecular weight is 329 g/mol. The van der Waals surface area contributed by atoms with Crippen molar-refractivity contribution in [2.45, 2.75) is 18.9 Å². The van der Waals surface area contributed by atoms with E-state index in [9.17, 15) is 15.4 Å². The van der Waals surface area contributed by atoms with Crippen LogP contribution in [0.4, 0.5) is 11.5 Å². The first kappa shape index (κ1) is 15.3. The summed E-state index contributed by atoms with van der Waals surface area (Å²) in [4.78, 5) is 16.5. The first-order valence-corrected chi connectivity index (χ1v) is 7.54. The molecule has 0 radical (unpaired) electrons. The molecular formula is C16H13ClN4O2. The molecule has 0 aliphatic carbocycles. The van der Waals surface area contributed by atoms with Crippen LogP contribution in [0.15, 0.2) is 36.5 Å². The zero-order valence-electron chi connectivity index (χ0n) is 12.1. The number of aromatic nitrogens is 1. The van der Waals surface area contributed by atoms with Gasteiger partial charge in [0.1, 0.15) is 23.6 Å². The summed E-state index contributed by atoms with van der Waals surface area (Å²) in [6.07, 6.45) is 3.11. The summed E-state index contributed by atoms with van der Waals surface area (Å²) in [5.41, 5.74) is 1.14. The highest BCUT2D eigenvalue weighted by Gasteiger charge is 2.29. The van der Waals surface area contributed by atoms with Gasteiger partial charge in [-0.05, 0) is 30.5 Å². The monoisotopic (exact) mass is 328 g/mol. The number of benzene rings is 1. The van der Waals surface area contributed by atoms with E-state index in [1.807, 2.05) is 35.2 Å². The topological polar surface area (TPSA) is 83.1 Å². The Bertz CT molecular complexity index is 786. The number of hydrogen-bond donors (Lipinski definition) is 0. The fourth-order valence-electron chi connectivity index (χ4n) is 2.91. The standard InChI is InChI=1S/C16H13ClN4O2/c17-13-5-3-11(4-6-13)15-2-1-7-20(15)16-12(9-18)8-14(10-19-16)21(22)23/h3-6,8,10,15H,1-2,7H2/t15-/m1/s1. The first-order valence-electron chi connectivity index (χ1n) is 7.17. The van der Waals surface area contributed by atoms with E-state index in [1.54, 1.807) is 0 Å². The van der Waals surface area contributed by atoms with Gasteiger partial charge in [0, 0.05) is 17.6 Å². The van der Waals surface area contributed by atoms with Crippen molar-refractivity contribution in [3.05, 3.63) is 62.8 Å². The second-order valence-electron chi connectivity index (χ2n) is 5.34. The largest absolute Gasteiger partial charge is 0.348 e. The van der Waals surface area contributed by atoms with E-state index in [0.29, 0.717) is 10.8 Å². The third kappa shape index (κ3) is 2.96. The fraction of sp³-hybridized carbons (Fsp3) is 0.250. The minimum absolute atomic E-state index is 0.0910. The van der Waals surface area contributed by atoms with Gasteiger partial charge in [0.25, 0.3) is 5.69 Å². The number of nitro groups is 1. The summed E-state index contributed by atoms with van der Waals surface area (Å²) in [6, 6.07) is 11.0. The lowest BCUT2D eigenvalue weighted by Gasteiger charge is -2.26. The Morgan fingerprint density at radius 1 is 1.39 bits per heavy atom. The first-order chi connectivity index (χ1) is 11.1. The maximum atomic E-state index is 10.8. The van der Waals surface area contributed by atoms with E-state index in [2.05, 4.69) is 4.98 Å². The van der Waals surface area contributed by atoms with Crippen molar-refractivity contribution in [2.24, 2.45) is 0 Å². The quantitative estimate of drug-likeness (QED) is 0.631. The van der Waals surface area contributed by atoms with Gasteiger partial charge < -0.3 is 4.90 Å². The zero-order chi connectivity index (χ0) is 16.4. The van der Waals surface area contributed by atoms with Crippen LogP contribution < -0.4 is 4.90 Å². The van der Waals surface area contributed by atoms with E-state index >= 15 is 0 Å². The zero-order valence-corrected chi connectivity index (χ0v) is 12.9. The molecular weight excluding hydrogens is 316 g/mol. The van der Waals surface area contributed by atoms with Crippen LogP contribution in [0.1, 0.15) is 30.0 Å². The summed E-state index contributed by atoms with van der Waals surface area (Å²) >= 11 is 5.93. The molecule has 6 nitrogen and oxygen atoms in total. The second kappa shape index (κ2) is 6.23. The maximum Gasteiger partial charge on any atom is 0.289 e. The number of rotatable bonds is 3. The minimum atomic E-state index is -0.543. The molecule has 3 rings (SSSR count). The molecule has 0 spiro atoms. The highest BCUT2D eigenvalue weighted by molar-refractivity contribution is 6.30. The van der Waals surface area contributed by atoms with Gasteiger partial charge in [-0.3, -0.25) is 10.1 Å². The van der Waals surface area contributed by atoms with Crippen LogP contribution >= 0.6 is 11.6 Å². The molecule has 7 heteroatoms. The van der Waals surface area contributed by atoms with E-state index < -0.39 is 4.92 Å². The average Bonchev–Trinajstić information content (AvgIpc) is 3.04. The van der Waals surface area contributed by atoms with Gasteiger partial charge in [-0.1, -0.05) is 23.7 Å². The summed E-state index contributed by atoms with van der Waals surface area (Å²) in [7, 11) is 0. The number of nitriles is 1. The van der Waals surface area contributed by atoms with Crippen molar-refractivity contribution in [3.63, 3.8) is 0 Å². The molecule has 0 N–H and O–H groups in total. The van der Waals surface area contributed by atoms with Crippen molar-refractivity contribution >= 4 is 23.1 Å². The van der Waals surface area contributed by atoms with E-state index in [1.165, 1.54) is 12.3 Å².